The number of benzene rings is 1. The van der Waals surface area contributed by atoms with Crippen LogP contribution in [-0.2, 0) is 11.2 Å². The van der Waals surface area contributed by atoms with E-state index in [9.17, 15) is 0 Å². The molecule has 2 heterocycles. The number of imidazole rings is 1. The maximum Gasteiger partial charge on any atom is 0.130 e. The molecule has 0 radical (unpaired) electrons. The summed E-state index contributed by atoms with van der Waals surface area (Å²) in [5.74, 6) is 1.60. The van der Waals surface area contributed by atoms with Crippen molar-refractivity contribution in [2.24, 2.45) is 0 Å². The van der Waals surface area contributed by atoms with Crippen molar-refractivity contribution in [3.05, 3.63) is 28.5 Å². The maximum atomic E-state index is 5.90. The van der Waals surface area contributed by atoms with Gasteiger partial charge < -0.3 is 9.75 Å². The molecule has 1 aromatic carbocycles. The molecule has 0 saturated carbocycles. The van der Waals surface area contributed by atoms with Crippen LogP contribution in [0.25, 0.3) is 11.0 Å². The fourth-order valence-corrected chi connectivity index (χ4v) is 2.92. The Morgan fingerprint density at radius 2 is 2.11 bits per heavy atom. The Bertz CT molecular complexity index is 581. The summed E-state index contributed by atoms with van der Waals surface area (Å²) in [6, 6.07) is 6.19. The van der Waals surface area contributed by atoms with Crippen LogP contribution in [0.3, 0.4) is 0 Å². The summed E-state index contributed by atoms with van der Waals surface area (Å²) >= 11 is 9.39. The predicted octanol–water partition coefficient (Wildman–Crippen LogP) is 2.55. The molecule has 0 amide bonds. The monoisotopic (exact) mass is 343 g/mol. The Hall–Kier alpha value is -0.780. The minimum absolute atomic E-state index is 0.578. The van der Waals surface area contributed by atoms with E-state index < -0.39 is 0 Å². The van der Waals surface area contributed by atoms with Crippen LogP contribution in [0.5, 0.6) is 0 Å². The zero-order valence-electron chi connectivity index (χ0n) is 10.5. The van der Waals surface area contributed by atoms with Crippen molar-refractivity contribution in [2.45, 2.75) is 6.42 Å². The molecule has 0 aliphatic carbocycles. The highest BCUT2D eigenvalue weighted by Gasteiger charge is 2.18. The first-order valence-corrected chi connectivity index (χ1v) is 7.68. The molecular formula is C13H15BrClN3O. The Balaban J connectivity index is 2.09. The first kappa shape index (κ1) is 13.2. The van der Waals surface area contributed by atoms with Gasteiger partial charge in [-0.1, -0.05) is 15.9 Å². The van der Waals surface area contributed by atoms with Crippen LogP contribution < -0.4 is 5.01 Å². The topological polar surface area (TPSA) is 30.3 Å². The smallest absolute Gasteiger partial charge is 0.130 e. The van der Waals surface area contributed by atoms with E-state index in [-0.39, 0.29) is 0 Å². The summed E-state index contributed by atoms with van der Waals surface area (Å²) < 4.78 is 8.67. The number of halogens is 2. The van der Waals surface area contributed by atoms with Crippen LogP contribution >= 0.6 is 27.5 Å². The second-order valence-electron chi connectivity index (χ2n) is 4.48. The lowest BCUT2D eigenvalue weighted by Gasteiger charge is -2.31. The van der Waals surface area contributed by atoms with Crippen molar-refractivity contribution in [1.29, 1.82) is 0 Å². The molecule has 0 unspecified atom stereocenters. The molecule has 1 fully saturated rings. The minimum atomic E-state index is 0.578. The molecule has 1 aliphatic heterocycles. The van der Waals surface area contributed by atoms with Crippen LogP contribution in [-0.4, -0.2) is 41.8 Å². The molecule has 1 aromatic heterocycles. The standard InChI is InChI=1S/C13H15BrClN3O/c14-10-1-2-12-11(9-10)16-13(3-4-15)18(12)17-5-7-19-8-6-17/h1-2,9H,3-8H2. The van der Waals surface area contributed by atoms with Gasteiger partial charge in [0.1, 0.15) is 5.82 Å². The summed E-state index contributed by atoms with van der Waals surface area (Å²) in [4.78, 5) is 4.70. The second-order valence-corrected chi connectivity index (χ2v) is 5.77. The van der Waals surface area contributed by atoms with Crippen molar-refractivity contribution in [3.63, 3.8) is 0 Å². The first-order chi connectivity index (χ1) is 9.29. The van der Waals surface area contributed by atoms with Crippen molar-refractivity contribution >= 4 is 38.6 Å². The Kier molecular flexibility index (Phi) is 3.96. The number of hydrogen-bond donors (Lipinski definition) is 0. The average Bonchev–Trinajstić information content (AvgIpc) is 2.77. The molecule has 0 N–H and O–H groups in total. The van der Waals surface area contributed by atoms with Gasteiger partial charge in [-0.2, -0.15) is 0 Å². The van der Waals surface area contributed by atoms with E-state index in [4.69, 9.17) is 21.3 Å². The van der Waals surface area contributed by atoms with E-state index in [1.165, 1.54) is 0 Å². The number of fused-ring (bicyclic) bond motifs is 1. The van der Waals surface area contributed by atoms with Gasteiger partial charge in [0, 0.05) is 16.8 Å². The molecule has 102 valence electrons. The van der Waals surface area contributed by atoms with Crippen LogP contribution in [0.15, 0.2) is 22.7 Å². The van der Waals surface area contributed by atoms with Crippen LogP contribution in [0.4, 0.5) is 0 Å². The van der Waals surface area contributed by atoms with Crippen molar-refractivity contribution in [3.8, 4) is 0 Å². The Labute approximate surface area is 125 Å². The lowest BCUT2D eigenvalue weighted by Crippen LogP contribution is -2.44. The maximum absolute atomic E-state index is 5.90. The highest BCUT2D eigenvalue weighted by molar-refractivity contribution is 9.10. The number of ether oxygens (including phenoxy) is 1. The number of alkyl halides is 1. The normalized spacial score (nSPS) is 16.2. The van der Waals surface area contributed by atoms with Crippen molar-refractivity contribution in [2.75, 3.05) is 37.2 Å². The molecule has 0 atom stereocenters. The molecule has 2 aromatic rings. The minimum Gasteiger partial charge on any atom is -0.378 e. The van der Waals surface area contributed by atoms with Crippen LogP contribution in [0.2, 0.25) is 0 Å². The SMILES string of the molecule is ClCCc1nc2cc(Br)ccc2n1N1CCOCC1. The van der Waals surface area contributed by atoms with Crippen LogP contribution in [0, 0.1) is 0 Å². The van der Waals surface area contributed by atoms with E-state index in [1.54, 1.807) is 0 Å². The van der Waals surface area contributed by atoms with Gasteiger partial charge in [-0.3, -0.25) is 0 Å². The lowest BCUT2D eigenvalue weighted by atomic mass is 10.3. The van der Waals surface area contributed by atoms with Crippen molar-refractivity contribution < 1.29 is 4.74 Å². The van der Waals surface area contributed by atoms with Gasteiger partial charge in [-0.15, -0.1) is 11.6 Å². The highest BCUT2D eigenvalue weighted by atomic mass is 79.9. The summed E-state index contributed by atoms with van der Waals surface area (Å²) in [5.41, 5.74) is 2.13. The third-order valence-corrected chi connectivity index (χ3v) is 3.93. The summed E-state index contributed by atoms with van der Waals surface area (Å²) in [6.07, 6.45) is 0.769. The fourth-order valence-electron chi connectivity index (χ4n) is 2.41. The third-order valence-electron chi connectivity index (χ3n) is 3.25. The summed E-state index contributed by atoms with van der Waals surface area (Å²) in [6.45, 7) is 3.29. The van der Waals surface area contributed by atoms with E-state index >= 15 is 0 Å². The molecule has 3 rings (SSSR count). The second kappa shape index (κ2) is 5.69. The zero-order valence-corrected chi connectivity index (χ0v) is 12.8. The number of aryl methyl sites for hydroxylation is 1. The van der Waals surface area contributed by atoms with Gasteiger partial charge >= 0.3 is 0 Å². The third kappa shape index (κ3) is 2.59. The van der Waals surface area contributed by atoms with Gasteiger partial charge in [0.15, 0.2) is 0 Å². The van der Waals surface area contributed by atoms with E-state index in [1.807, 2.05) is 12.1 Å². The lowest BCUT2D eigenvalue weighted by molar-refractivity contribution is 0.111. The molecule has 0 bridgehead atoms. The number of nitrogens with zero attached hydrogens (tertiary/aromatic N) is 3. The van der Waals surface area contributed by atoms with Gasteiger partial charge in [0.05, 0.1) is 37.3 Å². The van der Waals surface area contributed by atoms with Gasteiger partial charge in [-0.05, 0) is 18.2 Å². The van der Waals surface area contributed by atoms with Crippen molar-refractivity contribution in [1.82, 2.24) is 9.66 Å². The fraction of sp³-hybridized carbons (Fsp3) is 0.462. The van der Waals surface area contributed by atoms with E-state index in [2.05, 4.69) is 31.7 Å². The summed E-state index contributed by atoms with van der Waals surface area (Å²) in [7, 11) is 0. The number of hydrogen-bond acceptors (Lipinski definition) is 3. The van der Waals surface area contributed by atoms with Gasteiger partial charge in [0.25, 0.3) is 0 Å². The zero-order chi connectivity index (χ0) is 13.2. The summed E-state index contributed by atoms with van der Waals surface area (Å²) in [5, 5.41) is 2.29. The van der Waals surface area contributed by atoms with Gasteiger partial charge in [-0.25, -0.2) is 9.66 Å². The predicted molar refractivity (Wildman–Crippen MR) is 80.6 cm³/mol. The Morgan fingerprint density at radius 1 is 1.32 bits per heavy atom. The van der Waals surface area contributed by atoms with Gasteiger partial charge in [0.2, 0.25) is 0 Å². The highest BCUT2D eigenvalue weighted by Crippen LogP contribution is 2.22. The number of rotatable bonds is 3. The number of aromatic nitrogens is 2. The molecule has 19 heavy (non-hydrogen) atoms. The Morgan fingerprint density at radius 3 is 2.84 bits per heavy atom. The van der Waals surface area contributed by atoms with E-state index in [0.29, 0.717) is 5.88 Å². The average molecular weight is 345 g/mol. The largest absolute Gasteiger partial charge is 0.378 e. The molecule has 6 heteroatoms. The molecule has 1 saturated heterocycles. The van der Waals surface area contributed by atoms with E-state index in [0.717, 1.165) is 54.1 Å². The van der Waals surface area contributed by atoms with Crippen LogP contribution in [0.1, 0.15) is 5.82 Å². The first-order valence-electron chi connectivity index (χ1n) is 6.35. The molecule has 4 nitrogen and oxygen atoms in total. The molecule has 1 aliphatic rings. The number of morpholine rings is 1. The molecular weight excluding hydrogens is 330 g/mol. The molecule has 0 spiro atoms. The quantitative estimate of drug-likeness (QED) is 0.802.